The van der Waals surface area contributed by atoms with Crippen LogP contribution in [0.2, 0.25) is 0 Å². The smallest absolute Gasteiger partial charge is 0.253 e. The van der Waals surface area contributed by atoms with Crippen molar-refractivity contribution in [3.8, 4) is 5.75 Å². The molecule has 0 saturated carbocycles. The third kappa shape index (κ3) is 3.71. The minimum atomic E-state index is -3.33. The molecule has 0 spiro atoms. The summed E-state index contributed by atoms with van der Waals surface area (Å²) in [5.41, 5.74) is 3.25. The zero-order valence-corrected chi connectivity index (χ0v) is 18.4. The first-order chi connectivity index (χ1) is 14.3. The molecule has 0 unspecified atom stereocenters. The van der Waals surface area contributed by atoms with Gasteiger partial charge < -0.3 is 14.5 Å². The number of carbonyl (C=O) groups excluding carboxylic acids is 1. The molecule has 1 fully saturated rings. The summed E-state index contributed by atoms with van der Waals surface area (Å²) in [6, 6.07) is 13.1. The third-order valence-electron chi connectivity index (χ3n) is 5.83. The Hall–Kier alpha value is -2.74. The Morgan fingerprint density at radius 2 is 1.73 bits per heavy atom. The average Bonchev–Trinajstić information content (AvgIpc) is 3.08. The van der Waals surface area contributed by atoms with Gasteiger partial charge in [-0.05, 0) is 49.2 Å². The van der Waals surface area contributed by atoms with Crippen LogP contribution in [-0.4, -0.2) is 64.8 Å². The molecule has 1 amide bonds. The van der Waals surface area contributed by atoms with E-state index in [0.29, 0.717) is 30.8 Å². The molecule has 2 heterocycles. The van der Waals surface area contributed by atoms with Gasteiger partial charge in [-0.15, -0.1) is 0 Å². The van der Waals surface area contributed by atoms with Gasteiger partial charge in [0.15, 0.2) is 0 Å². The molecular weight excluding hydrogens is 402 g/mol. The lowest BCUT2D eigenvalue weighted by atomic mass is 10.1. The number of sulfonamides is 1. The largest absolute Gasteiger partial charge is 0.495 e. The third-order valence-corrected chi connectivity index (χ3v) is 7.10. The normalized spacial score (nSPS) is 19.0. The van der Waals surface area contributed by atoms with E-state index < -0.39 is 10.0 Å². The molecule has 0 aliphatic carbocycles. The van der Waals surface area contributed by atoms with E-state index in [1.807, 2.05) is 42.2 Å². The van der Waals surface area contributed by atoms with Gasteiger partial charge in [0.25, 0.3) is 5.91 Å². The second kappa shape index (κ2) is 7.83. The first-order valence-corrected chi connectivity index (χ1v) is 11.9. The van der Waals surface area contributed by atoms with E-state index in [1.54, 1.807) is 19.2 Å². The molecule has 4 rings (SSSR count). The SMILES string of the molecule is COc1ccccc1N1CCN(C(=O)c2ccc3c(c2)C[C@@H](C)N3S(C)(=O)=O)CC1. The van der Waals surface area contributed by atoms with Crippen molar-refractivity contribution in [1.82, 2.24) is 4.90 Å². The maximum Gasteiger partial charge on any atom is 0.253 e. The Morgan fingerprint density at radius 3 is 2.40 bits per heavy atom. The molecule has 2 aliphatic rings. The summed E-state index contributed by atoms with van der Waals surface area (Å²) in [4.78, 5) is 17.2. The maximum absolute atomic E-state index is 13.1. The van der Waals surface area contributed by atoms with Gasteiger partial charge in [-0.1, -0.05) is 12.1 Å². The minimum absolute atomic E-state index is 0.0112. The van der Waals surface area contributed by atoms with Gasteiger partial charge in [0.2, 0.25) is 10.0 Å². The highest BCUT2D eigenvalue weighted by molar-refractivity contribution is 7.92. The Kier molecular flexibility index (Phi) is 5.36. The molecule has 0 aromatic heterocycles. The monoisotopic (exact) mass is 429 g/mol. The lowest BCUT2D eigenvalue weighted by Crippen LogP contribution is -2.48. The highest BCUT2D eigenvalue weighted by Gasteiger charge is 2.33. The van der Waals surface area contributed by atoms with Crippen molar-refractivity contribution in [1.29, 1.82) is 0 Å². The topological polar surface area (TPSA) is 70.2 Å². The van der Waals surface area contributed by atoms with E-state index in [4.69, 9.17) is 4.74 Å². The van der Waals surface area contributed by atoms with Crippen LogP contribution < -0.4 is 13.9 Å². The summed E-state index contributed by atoms with van der Waals surface area (Å²) in [7, 11) is -1.67. The number of para-hydroxylation sites is 2. The highest BCUT2D eigenvalue weighted by atomic mass is 32.2. The zero-order valence-electron chi connectivity index (χ0n) is 17.5. The van der Waals surface area contributed by atoms with Crippen LogP contribution in [0.4, 0.5) is 11.4 Å². The van der Waals surface area contributed by atoms with E-state index in [9.17, 15) is 13.2 Å². The summed E-state index contributed by atoms with van der Waals surface area (Å²) < 4.78 is 31.1. The Morgan fingerprint density at radius 1 is 1.03 bits per heavy atom. The van der Waals surface area contributed by atoms with Crippen LogP contribution in [0.25, 0.3) is 0 Å². The number of rotatable bonds is 4. The molecule has 2 aromatic rings. The lowest BCUT2D eigenvalue weighted by molar-refractivity contribution is 0.0746. The van der Waals surface area contributed by atoms with Crippen LogP contribution in [0.5, 0.6) is 5.75 Å². The van der Waals surface area contributed by atoms with E-state index >= 15 is 0 Å². The van der Waals surface area contributed by atoms with E-state index in [-0.39, 0.29) is 11.9 Å². The number of carbonyl (C=O) groups is 1. The van der Waals surface area contributed by atoms with Crippen molar-refractivity contribution in [2.45, 2.75) is 19.4 Å². The van der Waals surface area contributed by atoms with Crippen molar-refractivity contribution in [2.24, 2.45) is 0 Å². The highest BCUT2D eigenvalue weighted by Crippen LogP contribution is 2.35. The van der Waals surface area contributed by atoms with Gasteiger partial charge in [-0.3, -0.25) is 9.10 Å². The molecule has 30 heavy (non-hydrogen) atoms. The Labute approximate surface area is 177 Å². The number of methoxy groups -OCH3 is 1. The summed E-state index contributed by atoms with van der Waals surface area (Å²) in [5, 5.41) is 0. The second-order valence-electron chi connectivity index (χ2n) is 7.91. The zero-order chi connectivity index (χ0) is 21.5. The first kappa shape index (κ1) is 20.5. The maximum atomic E-state index is 13.1. The van der Waals surface area contributed by atoms with Crippen molar-refractivity contribution in [2.75, 3.05) is 48.7 Å². The fourth-order valence-electron chi connectivity index (χ4n) is 4.47. The summed E-state index contributed by atoms with van der Waals surface area (Å²) >= 11 is 0. The molecule has 1 atom stereocenters. The van der Waals surface area contributed by atoms with Crippen LogP contribution in [0.1, 0.15) is 22.8 Å². The number of fused-ring (bicyclic) bond motifs is 1. The summed E-state index contributed by atoms with van der Waals surface area (Å²) in [6.07, 6.45) is 1.84. The average molecular weight is 430 g/mol. The van der Waals surface area contributed by atoms with E-state index in [2.05, 4.69) is 4.90 Å². The number of hydrogen-bond donors (Lipinski definition) is 0. The van der Waals surface area contributed by atoms with Crippen LogP contribution in [0, 0.1) is 0 Å². The molecule has 160 valence electrons. The van der Waals surface area contributed by atoms with Gasteiger partial charge >= 0.3 is 0 Å². The second-order valence-corrected chi connectivity index (χ2v) is 9.77. The molecule has 2 aliphatic heterocycles. The molecule has 0 N–H and O–H groups in total. The number of anilines is 2. The summed E-state index contributed by atoms with van der Waals surface area (Å²) in [6.45, 7) is 4.60. The van der Waals surface area contributed by atoms with E-state index in [1.165, 1.54) is 10.6 Å². The summed E-state index contributed by atoms with van der Waals surface area (Å²) in [5.74, 6) is 0.823. The molecule has 7 nitrogen and oxygen atoms in total. The predicted octanol–water partition coefficient (Wildman–Crippen LogP) is 2.37. The van der Waals surface area contributed by atoms with Crippen molar-refractivity contribution >= 4 is 27.3 Å². The number of ether oxygens (including phenoxy) is 1. The van der Waals surface area contributed by atoms with Crippen LogP contribution in [0.15, 0.2) is 42.5 Å². The molecule has 0 bridgehead atoms. The number of piperazine rings is 1. The van der Waals surface area contributed by atoms with E-state index in [0.717, 1.165) is 30.1 Å². The first-order valence-electron chi connectivity index (χ1n) is 10.1. The molecule has 8 heteroatoms. The van der Waals surface area contributed by atoms with Crippen molar-refractivity contribution < 1.29 is 17.9 Å². The van der Waals surface area contributed by atoms with Crippen LogP contribution in [0.3, 0.4) is 0 Å². The van der Waals surface area contributed by atoms with Crippen LogP contribution in [-0.2, 0) is 16.4 Å². The van der Waals surface area contributed by atoms with Crippen LogP contribution >= 0.6 is 0 Å². The standard InChI is InChI=1S/C22H27N3O4S/c1-16-14-18-15-17(8-9-19(18)25(16)30(3,27)28)22(26)24-12-10-23(11-13-24)20-6-4-5-7-21(20)29-2/h4-9,15-16H,10-14H2,1-3H3/t16-/m1/s1. The molecular formula is C22H27N3O4S. The predicted molar refractivity (Wildman–Crippen MR) is 118 cm³/mol. The Balaban J connectivity index is 1.47. The van der Waals surface area contributed by atoms with Gasteiger partial charge in [-0.25, -0.2) is 8.42 Å². The number of amides is 1. The van der Waals surface area contributed by atoms with Crippen molar-refractivity contribution in [3.05, 3.63) is 53.6 Å². The fraction of sp³-hybridized carbons (Fsp3) is 0.409. The van der Waals surface area contributed by atoms with Gasteiger partial charge in [0.1, 0.15) is 5.75 Å². The molecule has 1 saturated heterocycles. The quantitative estimate of drug-likeness (QED) is 0.746. The minimum Gasteiger partial charge on any atom is -0.495 e. The lowest BCUT2D eigenvalue weighted by Gasteiger charge is -2.36. The van der Waals surface area contributed by atoms with Gasteiger partial charge in [0, 0.05) is 37.8 Å². The Bertz CT molecular complexity index is 1060. The number of nitrogens with zero attached hydrogens (tertiary/aromatic N) is 3. The van der Waals surface area contributed by atoms with Crippen molar-refractivity contribution in [3.63, 3.8) is 0 Å². The molecule has 0 radical (unpaired) electrons. The fourth-order valence-corrected chi connectivity index (χ4v) is 5.73. The molecule has 2 aromatic carbocycles. The van der Waals surface area contributed by atoms with Gasteiger partial charge in [0.05, 0.1) is 24.7 Å². The number of hydrogen-bond acceptors (Lipinski definition) is 5. The number of benzene rings is 2. The van der Waals surface area contributed by atoms with Gasteiger partial charge in [-0.2, -0.15) is 0 Å².